The van der Waals surface area contributed by atoms with E-state index in [1.54, 1.807) is 25.9 Å². The lowest BCUT2D eigenvalue weighted by molar-refractivity contribution is 0.0672. The third-order valence-corrected chi connectivity index (χ3v) is 6.93. The number of fused-ring (bicyclic) bond motifs is 1. The number of nitrogens with zero attached hydrogens (tertiary/aromatic N) is 3. The highest BCUT2D eigenvalue weighted by atomic mass is 32.2. The lowest BCUT2D eigenvalue weighted by Crippen LogP contribution is -2.31. The summed E-state index contributed by atoms with van der Waals surface area (Å²) in [6.45, 7) is 0.321. The van der Waals surface area contributed by atoms with E-state index in [1.807, 2.05) is 24.5 Å². The summed E-state index contributed by atoms with van der Waals surface area (Å²) in [4.78, 5) is 23.3. The van der Waals surface area contributed by atoms with Crippen molar-refractivity contribution >= 4 is 33.4 Å². The number of aromatic nitrogens is 3. The van der Waals surface area contributed by atoms with E-state index in [-0.39, 0.29) is 5.56 Å². The first kappa shape index (κ1) is 19.2. The summed E-state index contributed by atoms with van der Waals surface area (Å²) < 4.78 is 19.0. The zero-order valence-electron chi connectivity index (χ0n) is 16.1. The predicted molar refractivity (Wildman–Crippen MR) is 110 cm³/mol. The minimum Gasteiger partial charge on any atom is -0.497 e. The van der Waals surface area contributed by atoms with Crippen LogP contribution in [0, 0.1) is 0 Å². The van der Waals surface area contributed by atoms with Gasteiger partial charge in [0, 0.05) is 18.7 Å². The van der Waals surface area contributed by atoms with Crippen LogP contribution in [-0.4, -0.2) is 42.1 Å². The van der Waals surface area contributed by atoms with Crippen LogP contribution in [0.1, 0.15) is 24.2 Å². The van der Waals surface area contributed by atoms with E-state index in [0.717, 1.165) is 22.7 Å². The van der Waals surface area contributed by atoms with Crippen LogP contribution in [0.2, 0.25) is 0 Å². The van der Waals surface area contributed by atoms with Crippen LogP contribution < -0.4 is 15.0 Å². The van der Waals surface area contributed by atoms with E-state index in [1.165, 1.54) is 23.1 Å². The normalized spacial score (nSPS) is 15.0. The van der Waals surface area contributed by atoms with Gasteiger partial charge in [0.25, 0.3) is 5.56 Å². The van der Waals surface area contributed by atoms with Crippen molar-refractivity contribution in [3.05, 3.63) is 39.9 Å². The second-order valence-corrected chi connectivity index (χ2v) is 8.57. The van der Waals surface area contributed by atoms with Crippen LogP contribution in [0.5, 0.6) is 11.5 Å². The van der Waals surface area contributed by atoms with Gasteiger partial charge in [-0.2, -0.15) is 0 Å². The summed E-state index contributed by atoms with van der Waals surface area (Å²) in [6, 6.07) is 5.56. The fourth-order valence-electron chi connectivity index (χ4n) is 3.26. The van der Waals surface area contributed by atoms with Crippen LogP contribution in [0.3, 0.4) is 0 Å². The topological polar surface area (TPSA) is 75.5 Å². The highest BCUT2D eigenvalue weighted by Gasteiger charge is 2.49. The zero-order valence-corrected chi connectivity index (χ0v) is 17.8. The van der Waals surface area contributed by atoms with Crippen LogP contribution >= 0.6 is 23.1 Å². The quantitative estimate of drug-likeness (QED) is 0.544. The largest absolute Gasteiger partial charge is 0.497 e. The average molecular weight is 420 g/mol. The van der Waals surface area contributed by atoms with Crippen molar-refractivity contribution in [1.82, 2.24) is 14.5 Å². The molecule has 1 saturated carbocycles. The van der Waals surface area contributed by atoms with Crippen molar-refractivity contribution in [3.63, 3.8) is 0 Å². The van der Waals surface area contributed by atoms with Gasteiger partial charge in [-0.05, 0) is 31.2 Å². The van der Waals surface area contributed by atoms with Crippen molar-refractivity contribution in [2.45, 2.75) is 29.3 Å². The molecule has 0 saturated heterocycles. The molecule has 3 aromatic rings. The van der Waals surface area contributed by atoms with E-state index in [2.05, 4.69) is 4.98 Å². The van der Waals surface area contributed by atoms with E-state index in [4.69, 9.17) is 19.2 Å². The molecule has 0 amide bonds. The SMILES string of the molecule is COc1ccc(Cn2c(C3(OC)CC3)nc3sc(SC)nc3c2=O)c(OC)c1. The molecular weight excluding hydrogens is 398 g/mol. The van der Waals surface area contributed by atoms with Gasteiger partial charge in [-0.1, -0.05) is 23.1 Å². The Labute approximate surface area is 170 Å². The van der Waals surface area contributed by atoms with Crippen molar-refractivity contribution in [2.24, 2.45) is 0 Å². The molecule has 28 heavy (non-hydrogen) atoms. The highest BCUT2D eigenvalue weighted by molar-refractivity contribution is 8.00. The molecule has 1 aliphatic carbocycles. The van der Waals surface area contributed by atoms with Crippen LogP contribution in [0.4, 0.5) is 0 Å². The van der Waals surface area contributed by atoms with Crippen LogP contribution in [-0.2, 0) is 16.9 Å². The van der Waals surface area contributed by atoms with Gasteiger partial charge in [0.15, 0.2) is 14.7 Å². The highest BCUT2D eigenvalue weighted by Crippen LogP contribution is 2.48. The molecular formula is C19H21N3O4S2. The van der Waals surface area contributed by atoms with Gasteiger partial charge in [-0.15, -0.1) is 0 Å². The zero-order chi connectivity index (χ0) is 19.9. The maximum Gasteiger partial charge on any atom is 0.281 e. The number of thiazole rings is 1. The molecule has 2 aromatic heterocycles. The van der Waals surface area contributed by atoms with E-state index in [0.29, 0.717) is 34.2 Å². The number of rotatable bonds is 7. The first-order chi connectivity index (χ1) is 13.5. The fraction of sp³-hybridized carbons (Fsp3) is 0.421. The number of thioether (sulfide) groups is 1. The predicted octanol–water partition coefficient (Wildman–Crippen LogP) is 3.28. The number of hydrogen-bond acceptors (Lipinski definition) is 8. The Balaban J connectivity index is 1.89. The summed E-state index contributed by atoms with van der Waals surface area (Å²) in [5.74, 6) is 2.01. The molecule has 7 nitrogen and oxygen atoms in total. The molecule has 0 radical (unpaired) electrons. The Morgan fingerprint density at radius 2 is 2.00 bits per heavy atom. The molecule has 0 bridgehead atoms. The molecule has 148 valence electrons. The second kappa shape index (κ2) is 7.38. The molecule has 1 aromatic carbocycles. The molecule has 9 heteroatoms. The number of benzene rings is 1. The Bertz CT molecular complexity index is 1090. The third-order valence-electron chi connectivity index (χ3n) is 5.00. The smallest absolute Gasteiger partial charge is 0.281 e. The Morgan fingerprint density at radius 1 is 1.21 bits per heavy atom. The van der Waals surface area contributed by atoms with Gasteiger partial charge in [0.2, 0.25) is 0 Å². The number of methoxy groups -OCH3 is 3. The third kappa shape index (κ3) is 3.17. The van der Waals surface area contributed by atoms with Crippen molar-refractivity contribution < 1.29 is 14.2 Å². The molecule has 0 N–H and O–H groups in total. The maximum atomic E-state index is 13.3. The van der Waals surface area contributed by atoms with Gasteiger partial charge in [-0.25, -0.2) is 9.97 Å². The van der Waals surface area contributed by atoms with Crippen molar-refractivity contribution in [1.29, 1.82) is 0 Å². The van der Waals surface area contributed by atoms with Gasteiger partial charge in [-0.3, -0.25) is 9.36 Å². The lowest BCUT2D eigenvalue weighted by Gasteiger charge is -2.19. The standard InChI is InChI=1S/C19H21N3O4S2/c1-24-12-6-5-11(13(9-12)25-2)10-22-16(23)14-15(28-18(20-14)27-4)21-17(22)19(26-3)7-8-19/h5-6,9H,7-8,10H2,1-4H3. The summed E-state index contributed by atoms with van der Waals surface area (Å²) in [6.07, 6.45) is 3.63. The first-order valence-corrected chi connectivity index (χ1v) is 10.8. The molecule has 1 aliphatic rings. The second-order valence-electron chi connectivity index (χ2n) is 6.54. The van der Waals surface area contributed by atoms with E-state index >= 15 is 0 Å². The van der Waals surface area contributed by atoms with E-state index < -0.39 is 5.60 Å². The van der Waals surface area contributed by atoms with Crippen LogP contribution in [0.25, 0.3) is 10.3 Å². The maximum absolute atomic E-state index is 13.3. The molecule has 0 unspecified atom stereocenters. The molecule has 4 rings (SSSR count). The molecule has 2 heterocycles. The molecule has 0 aliphatic heterocycles. The van der Waals surface area contributed by atoms with Crippen LogP contribution in [0.15, 0.2) is 27.3 Å². The van der Waals surface area contributed by atoms with Crippen molar-refractivity contribution in [2.75, 3.05) is 27.6 Å². The number of ether oxygens (including phenoxy) is 3. The van der Waals surface area contributed by atoms with E-state index in [9.17, 15) is 4.79 Å². The lowest BCUT2D eigenvalue weighted by atomic mass is 10.1. The Morgan fingerprint density at radius 3 is 2.61 bits per heavy atom. The molecule has 0 spiro atoms. The minimum atomic E-state index is -0.503. The minimum absolute atomic E-state index is 0.155. The number of hydrogen-bond donors (Lipinski definition) is 0. The molecule has 1 fully saturated rings. The summed E-state index contributed by atoms with van der Waals surface area (Å²) >= 11 is 2.95. The Hall–Kier alpha value is -2.10. The van der Waals surface area contributed by atoms with Gasteiger partial charge in [0.05, 0.1) is 20.8 Å². The summed E-state index contributed by atoms with van der Waals surface area (Å²) in [5.41, 5.74) is 0.603. The first-order valence-electron chi connectivity index (χ1n) is 8.77. The van der Waals surface area contributed by atoms with Gasteiger partial charge in [0.1, 0.15) is 22.9 Å². The summed E-state index contributed by atoms with van der Waals surface area (Å²) in [7, 11) is 4.88. The summed E-state index contributed by atoms with van der Waals surface area (Å²) in [5, 5.41) is 0. The fourth-order valence-corrected chi connectivity index (χ4v) is 4.67. The monoisotopic (exact) mass is 419 g/mol. The Kier molecular flexibility index (Phi) is 5.07. The van der Waals surface area contributed by atoms with Gasteiger partial charge >= 0.3 is 0 Å². The van der Waals surface area contributed by atoms with Gasteiger partial charge < -0.3 is 14.2 Å². The molecule has 0 atom stereocenters. The van der Waals surface area contributed by atoms with Crippen molar-refractivity contribution in [3.8, 4) is 11.5 Å². The average Bonchev–Trinajstić information content (AvgIpc) is 3.41.